The van der Waals surface area contributed by atoms with Crippen LogP contribution in [0.15, 0.2) is 24.3 Å². The monoisotopic (exact) mass is 232 g/mol. The molecule has 1 aliphatic rings. The maximum atomic E-state index is 11.9. The second-order valence-corrected chi connectivity index (χ2v) is 4.89. The molecule has 2 heteroatoms. The summed E-state index contributed by atoms with van der Waals surface area (Å²) in [4.78, 5) is 11.9. The minimum absolute atomic E-state index is 0.0430. The number of carbonyl (C=O) groups excluding carboxylic acids is 1. The van der Waals surface area contributed by atoms with Crippen LogP contribution in [-0.2, 0) is 9.53 Å². The van der Waals surface area contributed by atoms with Crippen LogP contribution in [0.5, 0.6) is 0 Å². The minimum Gasteiger partial charge on any atom is -0.462 e. The molecule has 1 heterocycles. The number of ether oxygens (including phenoxy) is 1. The Morgan fingerprint density at radius 2 is 1.94 bits per heavy atom. The number of carbonyl (C=O) groups is 1. The van der Waals surface area contributed by atoms with Crippen LogP contribution in [0.4, 0.5) is 0 Å². The fourth-order valence-corrected chi connectivity index (χ4v) is 2.40. The summed E-state index contributed by atoms with van der Waals surface area (Å²) in [7, 11) is 0. The van der Waals surface area contributed by atoms with Crippen LogP contribution in [0.25, 0.3) is 0 Å². The maximum Gasteiger partial charge on any atom is 0.313 e. The third kappa shape index (κ3) is 2.87. The molecule has 0 radical (unpaired) electrons. The highest BCUT2D eigenvalue weighted by Gasteiger charge is 2.30. The minimum atomic E-state index is -0.0521. The maximum absolute atomic E-state index is 11.9. The molecule has 1 aromatic rings. The van der Waals surface area contributed by atoms with Gasteiger partial charge < -0.3 is 4.74 Å². The first-order chi connectivity index (χ1) is 8.20. The second kappa shape index (κ2) is 5.35. The summed E-state index contributed by atoms with van der Waals surface area (Å²) in [6, 6.07) is 8.20. The van der Waals surface area contributed by atoms with Crippen molar-refractivity contribution in [1.29, 1.82) is 0 Å². The van der Waals surface area contributed by atoms with Crippen LogP contribution >= 0.6 is 0 Å². The van der Waals surface area contributed by atoms with Crippen molar-refractivity contribution in [3.63, 3.8) is 0 Å². The molecule has 0 N–H and O–H groups in total. The Kier molecular flexibility index (Phi) is 3.82. The lowest BCUT2D eigenvalue weighted by atomic mass is 9.89. The van der Waals surface area contributed by atoms with Crippen molar-refractivity contribution in [2.45, 2.75) is 51.6 Å². The lowest BCUT2D eigenvalue weighted by Gasteiger charge is -2.28. The number of cyclic esters (lactones) is 1. The molecule has 1 aliphatic heterocycles. The Labute approximate surface area is 103 Å². The molecule has 92 valence electrons. The molecule has 1 fully saturated rings. The summed E-state index contributed by atoms with van der Waals surface area (Å²) < 4.78 is 5.49. The predicted molar refractivity (Wildman–Crippen MR) is 67.9 cm³/mol. The predicted octanol–water partition coefficient (Wildman–Crippen LogP) is 3.58. The zero-order chi connectivity index (χ0) is 12.3. The van der Waals surface area contributed by atoms with Crippen molar-refractivity contribution < 1.29 is 9.53 Å². The number of benzene rings is 1. The molecule has 0 saturated carbocycles. The Hall–Kier alpha value is -1.31. The molecule has 17 heavy (non-hydrogen) atoms. The molecule has 1 saturated heterocycles. The van der Waals surface area contributed by atoms with E-state index in [1.807, 2.05) is 12.1 Å². The van der Waals surface area contributed by atoms with Crippen LogP contribution in [0.1, 0.15) is 49.7 Å². The van der Waals surface area contributed by atoms with E-state index in [4.69, 9.17) is 4.74 Å². The van der Waals surface area contributed by atoms with Crippen molar-refractivity contribution in [1.82, 2.24) is 0 Å². The van der Waals surface area contributed by atoms with E-state index in [1.165, 1.54) is 5.56 Å². The van der Waals surface area contributed by atoms with Gasteiger partial charge >= 0.3 is 5.97 Å². The quantitative estimate of drug-likeness (QED) is 0.744. The molecule has 2 unspecified atom stereocenters. The van der Waals surface area contributed by atoms with Crippen LogP contribution in [0.2, 0.25) is 0 Å². The number of aryl methyl sites for hydroxylation is 1. The summed E-state index contributed by atoms with van der Waals surface area (Å²) in [6.45, 7) is 4.18. The first-order valence-corrected chi connectivity index (χ1v) is 6.47. The van der Waals surface area contributed by atoms with Crippen LogP contribution in [-0.4, -0.2) is 12.1 Å². The lowest BCUT2D eigenvalue weighted by Crippen LogP contribution is -2.29. The van der Waals surface area contributed by atoms with Crippen LogP contribution in [0, 0.1) is 6.92 Å². The number of hydrogen-bond donors (Lipinski definition) is 0. The highest BCUT2D eigenvalue weighted by atomic mass is 16.5. The van der Waals surface area contributed by atoms with Crippen molar-refractivity contribution in [3.8, 4) is 0 Å². The fourth-order valence-electron chi connectivity index (χ4n) is 2.40. The van der Waals surface area contributed by atoms with Gasteiger partial charge in [-0.2, -0.15) is 0 Å². The van der Waals surface area contributed by atoms with Crippen LogP contribution < -0.4 is 0 Å². The van der Waals surface area contributed by atoms with Gasteiger partial charge in [0, 0.05) is 0 Å². The molecular weight excluding hydrogens is 212 g/mol. The van der Waals surface area contributed by atoms with Gasteiger partial charge in [-0.15, -0.1) is 0 Å². The summed E-state index contributed by atoms with van der Waals surface area (Å²) >= 11 is 0. The Bertz CT molecular complexity index is 380. The van der Waals surface area contributed by atoms with Gasteiger partial charge in [0.1, 0.15) is 6.10 Å². The van der Waals surface area contributed by atoms with Gasteiger partial charge in [0.05, 0.1) is 5.92 Å². The Balaban J connectivity index is 2.04. The molecule has 2 atom stereocenters. The highest BCUT2D eigenvalue weighted by Crippen LogP contribution is 2.30. The largest absolute Gasteiger partial charge is 0.462 e. The molecule has 2 nitrogen and oxygen atoms in total. The van der Waals surface area contributed by atoms with Gasteiger partial charge in [-0.1, -0.05) is 43.2 Å². The van der Waals surface area contributed by atoms with Gasteiger partial charge in [0.25, 0.3) is 0 Å². The zero-order valence-corrected chi connectivity index (χ0v) is 10.6. The lowest BCUT2D eigenvalue weighted by molar-refractivity contribution is -0.156. The summed E-state index contributed by atoms with van der Waals surface area (Å²) in [5, 5.41) is 0. The second-order valence-electron chi connectivity index (χ2n) is 4.89. The number of esters is 1. The van der Waals surface area contributed by atoms with Crippen molar-refractivity contribution in [2.24, 2.45) is 0 Å². The third-order valence-electron chi connectivity index (χ3n) is 3.44. The van der Waals surface area contributed by atoms with E-state index in [-0.39, 0.29) is 18.0 Å². The molecule has 2 rings (SSSR count). The molecule has 0 amide bonds. The van der Waals surface area contributed by atoms with E-state index >= 15 is 0 Å². The summed E-state index contributed by atoms with van der Waals surface area (Å²) in [5.41, 5.74) is 2.32. The van der Waals surface area contributed by atoms with Gasteiger partial charge in [0.2, 0.25) is 0 Å². The molecular formula is C15H20O2. The van der Waals surface area contributed by atoms with E-state index in [0.29, 0.717) is 0 Å². The SMILES string of the molecule is CCCC1CCC(c2ccc(C)cc2)C(=O)O1. The average Bonchev–Trinajstić information content (AvgIpc) is 2.31. The van der Waals surface area contributed by atoms with Gasteiger partial charge in [-0.25, -0.2) is 0 Å². The number of hydrogen-bond acceptors (Lipinski definition) is 2. The van der Waals surface area contributed by atoms with E-state index in [1.54, 1.807) is 0 Å². The summed E-state index contributed by atoms with van der Waals surface area (Å²) in [6.07, 6.45) is 4.14. The fraction of sp³-hybridized carbons (Fsp3) is 0.533. The van der Waals surface area contributed by atoms with Gasteiger partial charge in [-0.05, 0) is 31.7 Å². The van der Waals surface area contributed by atoms with E-state index in [2.05, 4.69) is 26.0 Å². The van der Waals surface area contributed by atoms with E-state index < -0.39 is 0 Å². The van der Waals surface area contributed by atoms with Crippen molar-refractivity contribution >= 4 is 5.97 Å². The van der Waals surface area contributed by atoms with E-state index in [0.717, 1.165) is 31.2 Å². The number of rotatable bonds is 3. The topological polar surface area (TPSA) is 26.3 Å². The standard InChI is InChI=1S/C15H20O2/c1-3-4-13-9-10-14(15(16)17-13)12-7-5-11(2)6-8-12/h5-8,13-14H,3-4,9-10H2,1-2H3. The van der Waals surface area contributed by atoms with Crippen LogP contribution in [0.3, 0.4) is 0 Å². The highest BCUT2D eigenvalue weighted by molar-refractivity contribution is 5.79. The van der Waals surface area contributed by atoms with E-state index in [9.17, 15) is 4.79 Å². The smallest absolute Gasteiger partial charge is 0.313 e. The van der Waals surface area contributed by atoms with Gasteiger partial charge in [-0.3, -0.25) is 4.79 Å². The zero-order valence-electron chi connectivity index (χ0n) is 10.6. The molecule has 0 bridgehead atoms. The van der Waals surface area contributed by atoms with Gasteiger partial charge in [0.15, 0.2) is 0 Å². The van der Waals surface area contributed by atoms with Crippen molar-refractivity contribution in [2.75, 3.05) is 0 Å². The Morgan fingerprint density at radius 1 is 1.24 bits per heavy atom. The molecule has 0 spiro atoms. The molecule has 0 aliphatic carbocycles. The summed E-state index contributed by atoms with van der Waals surface area (Å²) in [5.74, 6) is -0.0951. The molecule has 0 aromatic heterocycles. The normalized spacial score (nSPS) is 24.5. The molecule has 1 aromatic carbocycles. The average molecular weight is 232 g/mol. The Morgan fingerprint density at radius 3 is 2.53 bits per heavy atom. The van der Waals surface area contributed by atoms with Crippen molar-refractivity contribution in [3.05, 3.63) is 35.4 Å². The first kappa shape index (κ1) is 12.2. The third-order valence-corrected chi connectivity index (χ3v) is 3.44. The first-order valence-electron chi connectivity index (χ1n) is 6.47.